The normalized spacial score (nSPS) is 11.3. The zero-order chi connectivity index (χ0) is 14.3. The first-order valence-corrected chi connectivity index (χ1v) is 7.72. The molecule has 0 radical (unpaired) electrons. The van der Waals surface area contributed by atoms with Gasteiger partial charge in [0, 0.05) is 5.02 Å². The molecule has 5 nitrogen and oxygen atoms in total. The highest BCUT2D eigenvalue weighted by Crippen LogP contribution is 2.14. The third-order valence-electron chi connectivity index (χ3n) is 2.27. The molecule has 1 aromatic rings. The fraction of sp³-hybridized carbons (Fsp3) is 0.417. The van der Waals surface area contributed by atoms with Crippen molar-refractivity contribution in [2.24, 2.45) is 0 Å². The SMILES string of the molecule is CCCCOC(=O)CNS(=O)(=O)c1cccc(Cl)c1. The van der Waals surface area contributed by atoms with E-state index in [1.165, 1.54) is 18.2 Å². The molecular weight excluding hydrogens is 290 g/mol. The summed E-state index contributed by atoms with van der Waals surface area (Å²) in [4.78, 5) is 11.3. The molecular formula is C12H16ClNO4S. The lowest BCUT2D eigenvalue weighted by Crippen LogP contribution is -2.30. The van der Waals surface area contributed by atoms with E-state index in [2.05, 4.69) is 4.72 Å². The Kier molecular flexibility index (Phi) is 6.27. The summed E-state index contributed by atoms with van der Waals surface area (Å²) in [5.74, 6) is -0.598. The topological polar surface area (TPSA) is 72.5 Å². The first-order valence-electron chi connectivity index (χ1n) is 5.86. The van der Waals surface area contributed by atoms with E-state index in [1.54, 1.807) is 6.07 Å². The molecule has 1 N–H and O–H groups in total. The Morgan fingerprint density at radius 2 is 2.16 bits per heavy atom. The van der Waals surface area contributed by atoms with Gasteiger partial charge in [-0.1, -0.05) is 31.0 Å². The largest absolute Gasteiger partial charge is 0.465 e. The Hall–Kier alpha value is -1.11. The summed E-state index contributed by atoms with van der Waals surface area (Å²) in [6.45, 7) is 1.88. The van der Waals surface area contributed by atoms with Crippen LogP contribution in [-0.2, 0) is 19.6 Å². The first-order chi connectivity index (χ1) is 8.95. The summed E-state index contributed by atoms with van der Waals surface area (Å²) < 4.78 is 30.7. The van der Waals surface area contributed by atoms with Crippen LogP contribution in [0.2, 0.25) is 5.02 Å². The van der Waals surface area contributed by atoms with Gasteiger partial charge in [-0.2, -0.15) is 4.72 Å². The highest BCUT2D eigenvalue weighted by molar-refractivity contribution is 7.89. The van der Waals surface area contributed by atoms with Gasteiger partial charge in [0.15, 0.2) is 0 Å². The van der Waals surface area contributed by atoms with Crippen LogP contribution in [0.4, 0.5) is 0 Å². The van der Waals surface area contributed by atoms with Gasteiger partial charge in [0.05, 0.1) is 11.5 Å². The van der Waals surface area contributed by atoms with E-state index in [0.29, 0.717) is 11.6 Å². The van der Waals surface area contributed by atoms with E-state index in [1.807, 2.05) is 6.92 Å². The summed E-state index contributed by atoms with van der Waals surface area (Å²) in [6.07, 6.45) is 1.66. The summed E-state index contributed by atoms with van der Waals surface area (Å²) in [7, 11) is -3.74. The van der Waals surface area contributed by atoms with E-state index < -0.39 is 22.5 Å². The Morgan fingerprint density at radius 1 is 1.42 bits per heavy atom. The number of halogens is 1. The molecule has 1 aromatic carbocycles. The highest BCUT2D eigenvalue weighted by Gasteiger charge is 2.16. The number of ether oxygens (including phenoxy) is 1. The number of benzene rings is 1. The third-order valence-corrected chi connectivity index (χ3v) is 3.91. The zero-order valence-corrected chi connectivity index (χ0v) is 12.1. The van der Waals surface area contributed by atoms with Gasteiger partial charge >= 0.3 is 5.97 Å². The van der Waals surface area contributed by atoms with Gasteiger partial charge in [0.25, 0.3) is 0 Å². The van der Waals surface area contributed by atoms with Gasteiger partial charge < -0.3 is 4.74 Å². The van der Waals surface area contributed by atoms with Gasteiger partial charge in [-0.15, -0.1) is 0 Å². The van der Waals surface area contributed by atoms with E-state index in [9.17, 15) is 13.2 Å². The molecule has 0 aliphatic rings. The molecule has 7 heteroatoms. The van der Waals surface area contributed by atoms with Crippen molar-refractivity contribution in [2.75, 3.05) is 13.2 Å². The molecule has 0 saturated heterocycles. The summed E-state index contributed by atoms with van der Waals surface area (Å²) in [6, 6.07) is 5.80. The first kappa shape index (κ1) is 15.9. The number of hydrogen-bond donors (Lipinski definition) is 1. The third kappa shape index (κ3) is 5.59. The van der Waals surface area contributed by atoms with Crippen molar-refractivity contribution in [2.45, 2.75) is 24.7 Å². The molecule has 0 aromatic heterocycles. The van der Waals surface area contributed by atoms with Gasteiger partial charge in [0.1, 0.15) is 6.54 Å². The molecule has 0 aliphatic heterocycles. The maximum Gasteiger partial charge on any atom is 0.321 e. The lowest BCUT2D eigenvalue weighted by Gasteiger charge is -2.07. The van der Waals surface area contributed by atoms with Crippen molar-refractivity contribution in [3.8, 4) is 0 Å². The number of nitrogens with one attached hydrogen (secondary N) is 1. The number of carbonyl (C=O) groups excluding carboxylic acids is 1. The van der Waals surface area contributed by atoms with Crippen molar-refractivity contribution in [1.29, 1.82) is 0 Å². The van der Waals surface area contributed by atoms with Crippen LogP contribution in [0, 0.1) is 0 Å². The lowest BCUT2D eigenvalue weighted by atomic mass is 10.4. The lowest BCUT2D eigenvalue weighted by molar-refractivity contribution is -0.142. The molecule has 0 bridgehead atoms. The number of unbranched alkanes of at least 4 members (excludes halogenated alkanes) is 1. The molecule has 0 saturated carbocycles. The summed E-state index contributed by atoms with van der Waals surface area (Å²) in [5.41, 5.74) is 0. The smallest absolute Gasteiger partial charge is 0.321 e. The van der Waals surface area contributed by atoms with Crippen LogP contribution >= 0.6 is 11.6 Å². The van der Waals surface area contributed by atoms with Gasteiger partial charge in [0.2, 0.25) is 10.0 Å². The maximum atomic E-state index is 11.8. The molecule has 0 atom stereocenters. The van der Waals surface area contributed by atoms with Crippen LogP contribution in [0.3, 0.4) is 0 Å². The van der Waals surface area contributed by atoms with Crippen molar-refractivity contribution in [3.63, 3.8) is 0 Å². The predicted octanol–water partition coefficient (Wildman–Crippen LogP) is 1.96. The summed E-state index contributed by atoms with van der Waals surface area (Å²) in [5, 5.41) is 0.313. The quantitative estimate of drug-likeness (QED) is 0.617. The van der Waals surface area contributed by atoms with Crippen LogP contribution in [0.5, 0.6) is 0 Å². The van der Waals surface area contributed by atoms with Crippen molar-refractivity contribution < 1.29 is 17.9 Å². The molecule has 0 fully saturated rings. The fourth-order valence-electron chi connectivity index (χ4n) is 1.25. The standard InChI is InChI=1S/C12H16ClNO4S/c1-2-3-7-18-12(15)9-14-19(16,17)11-6-4-5-10(13)8-11/h4-6,8,14H,2-3,7,9H2,1H3. The van der Waals surface area contributed by atoms with E-state index in [4.69, 9.17) is 16.3 Å². The molecule has 0 unspecified atom stereocenters. The molecule has 0 aliphatic carbocycles. The Bertz CT molecular complexity index is 530. The molecule has 0 amide bonds. The Morgan fingerprint density at radius 3 is 2.79 bits per heavy atom. The zero-order valence-electron chi connectivity index (χ0n) is 10.6. The average molecular weight is 306 g/mol. The average Bonchev–Trinajstić information content (AvgIpc) is 2.37. The highest BCUT2D eigenvalue weighted by atomic mass is 35.5. The minimum atomic E-state index is -3.74. The molecule has 19 heavy (non-hydrogen) atoms. The minimum Gasteiger partial charge on any atom is -0.465 e. The second-order valence-electron chi connectivity index (χ2n) is 3.86. The van der Waals surface area contributed by atoms with Crippen molar-refractivity contribution in [1.82, 2.24) is 4.72 Å². The van der Waals surface area contributed by atoms with E-state index in [0.717, 1.165) is 12.8 Å². The number of rotatable bonds is 7. The van der Waals surface area contributed by atoms with Crippen LogP contribution < -0.4 is 4.72 Å². The second kappa shape index (κ2) is 7.47. The number of hydrogen-bond acceptors (Lipinski definition) is 4. The van der Waals surface area contributed by atoms with Gasteiger partial charge in [-0.3, -0.25) is 4.79 Å². The van der Waals surface area contributed by atoms with Gasteiger partial charge in [-0.05, 0) is 24.6 Å². The van der Waals surface area contributed by atoms with Crippen molar-refractivity contribution >= 4 is 27.6 Å². The number of carbonyl (C=O) groups is 1. The molecule has 1 rings (SSSR count). The van der Waals surface area contributed by atoms with Crippen LogP contribution in [0.1, 0.15) is 19.8 Å². The van der Waals surface area contributed by atoms with E-state index >= 15 is 0 Å². The minimum absolute atomic E-state index is 0.0151. The summed E-state index contributed by atoms with van der Waals surface area (Å²) >= 11 is 5.71. The second-order valence-corrected chi connectivity index (χ2v) is 6.06. The Balaban J connectivity index is 2.54. The number of sulfonamides is 1. The monoisotopic (exact) mass is 305 g/mol. The predicted molar refractivity (Wildman–Crippen MR) is 72.5 cm³/mol. The molecule has 106 valence electrons. The van der Waals surface area contributed by atoms with Gasteiger partial charge in [-0.25, -0.2) is 8.42 Å². The molecule has 0 spiro atoms. The number of esters is 1. The maximum absolute atomic E-state index is 11.8. The van der Waals surface area contributed by atoms with E-state index in [-0.39, 0.29) is 4.90 Å². The van der Waals surface area contributed by atoms with Crippen LogP contribution in [-0.4, -0.2) is 27.5 Å². The fourth-order valence-corrected chi connectivity index (χ4v) is 2.52. The van der Waals surface area contributed by atoms with Crippen LogP contribution in [0.15, 0.2) is 29.2 Å². The van der Waals surface area contributed by atoms with Crippen LogP contribution in [0.25, 0.3) is 0 Å². The Labute approximate surface area is 118 Å². The van der Waals surface area contributed by atoms with Crippen molar-refractivity contribution in [3.05, 3.63) is 29.3 Å². The molecule has 0 heterocycles.